The van der Waals surface area contributed by atoms with Crippen molar-refractivity contribution in [1.29, 1.82) is 0 Å². The Balaban J connectivity index is 3.10. The van der Waals surface area contributed by atoms with Crippen molar-refractivity contribution in [1.82, 2.24) is 0 Å². The van der Waals surface area contributed by atoms with E-state index in [0.29, 0.717) is 6.07 Å². The molecule has 0 aliphatic rings. The van der Waals surface area contributed by atoms with Crippen LogP contribution in [0.3, 0.4) is 0 Å². The third-order valence-electron chi connectivity index (χ3n) is 2.53. The number of rotatable bonds is 6. The molecule has 0 amide bonds. The zero-order valence-corrected chi connectivity index (χ0v) is 10.6. The average molecular weight is 293 g/mol. The van der Waals surface area contributed by atoms with Gasteiger partial charge in [-0.15, -0.1) is 0 Å². The van der Waals surface area contributed by atoms with E-state index in [2.05, 4.69) is 5.32 Å². The first kappa shape index (κ1) is 16.3. The number of methoxy groups -OCH3 is 1. The topological polar surface area (TPSA) is 78.8 Å². The number of aliphatic hydroxyl groups excluding tert-OH is 1. The van der Waals surface area contributed by atoms with E-state index in [0.717, 1.165) is 12.1 Å². The van der Waals surface area contributed by atoms with Gasteiger partial charge in [-0.05, 0) is 18.2 Å². The number of hydrogen-bond acceptors (Lipinski definition) is 4. The Morgan fingerprint density at radius 3 is 2.55 bits per heavy atom. The molecule has 0 aliphatic carbocycles. The monoisotopic (exact) mass is 293 g/mol. The van der Waals surface area contributed by atoms with E-state index in [1.54, 1.807) is 0 Å². The molecular weight excluding hydrogens is 279 g/mol. The molecule has 0 spiro atoms. The van der Waals surface area contributed by atoms with Crippen LogP contribution in [0.5, 0.6) is 0 Å². The molecule has 0 radical (unpaired) electrons. The second kappa shape index (κ2) is 6.58. The lowest BCUT2D eigenvalue weighted by atomic mass is 10.1. The van der Waals surface area contributed by atoms with E-state index in [4.69, 9.17) is 14.9 Å². The minimum absolute atomic E-state index is 0.0124. The predicted molar refractivity (Wildman–Crippen MR) is 64.8 cm³/mol. The van der Waals surface area contributed by atoms with Crippen LogP contribution in [0.25, 0.3) is 0 Å². The minimum atomic E-state index is -4.62. The maximum absolute atomic E-state index is 12.5. The van der Waals surface area contributed by atoms with Gasteiger partial charge in [-0.2, -0.15) is 13.2 Å². The maximum Gasteiger partial charge on any atom is 0.416 e. The first-order valence-corrected chi connectivity index (χ1v) is 5.60. The summed E-state index contributed by atoms with van der Waals surface area (Å²) in [5, 5.41) is 20.7. The maximum atomic E-state index is 12.5. The summed E-state index contributed by atoms with van der Waals surface area (Å²) in [6.07, 6.45) is -4.62. The number of carboxylic acids is 1. The molecule has 0 aromatic heterocycles. The van der Waals surface area contributed by atoms with Crippen LogP contribution < -0.4 is 5.32 Å². The molecule has 1 unspecified atom stereocenters. The molecule has 0 aliphatic heterocycles. The van der Waals surface area contributed by atoms with Crippen molar-refractivity contribution in [3.63, 3.8) is 0 Å². The quantitative estimate of drug-likeness (QED) is 0.745. The summed E-state index contributed by atoms with van der Waals surface area (Å²) >= 11 is 0. The number of anilines is 1. The van der Waals surface area contributed by atoms with Crippen molar-refractivity contribution in [2.75, 3.05) is 25.6 Å². The summed E-state index contributed by atoms with van der Waals surface area (Å²) < 4.78 is 42.4. The Bertz CT molecular complexity index is 476. The lowest BCUT2D eigenvalue weighted by Gasteiger charge is -2.19. The number of hydrogen-bond donors (Lipinski definition) is 3. The molecule has 3 N–H and O–H groups in total. The van der Waals surface area contributed by atoms with Crippen LogP contribution in [-0.2, 0) is 10.9 Å². The molecule has 0 saturated heterocycles. The first-order chi connectivity index (χ1) is 9.29. The van der Waals surface area contributed by atoms with Gasteiger partial charge in [0.05, 0.1) is 30.4 Å². The normalized spacial score (nSPS) is 13.1. The smallest absolute Gasteiger partial charge is 0.416 e. The largest absolute Gasteiger partial charge is 0.478 e. The summed E-state index contributed by atoms with van der Waals surface area (Å²) in [5.74, 6) is -1.49. The molecule has 0 bridgehead atoms. The van der Waals surface area contributed by atoms with Crippen LogP contribution >= 0.6 is 0 Å². The number of aromatic carboxylic acids is 1. The number of nitrogens with one attached hydrogen (secondary N) is 1. The molecule has 1 aromatic rings. The molecule has 8 heteroatoms. The molecule has 20 heavy (non-hydrogen) atoms. The van der Waals surface area contributed by atoms with Gasteiger partial charge in [0, 0.05) is 12.8 Å². The highest BCUT2D eigenvalue weighted by atomic mass is 19.4. The molecule has 1 rings (SSSR count). The fourth-order valence-electron chi connectivity index (χ4n) is 1.58. The number of ether oxygens (including phenoxy) is 1. The molecule has 1 atom stereocenters. The molecular formula is C12H14F3NO4. The van der Waals surface area contributed by atoms with Gasteiger partial charge in [0.25, 0.3) is 0 Å². The Labute approximate surface area is 113 Å². The van der Waals surface area contributed by atoms with E-state index in [9.17, 15) is 18.0 Å². The van der Waals surface area contributed by atoms with Crippen molar-refractivity contribution in [3.05, 3.63) is 29.3 Å². The Morgan fingerprint density at radius 1 is 1.45 bits per heavy atom. The van der Waals surface area contributed by atoms with Gasteiger partial charge in [-0.1, -0.05) is 0 Å². The van der Waals surface area contributed by atoms with Crippen molar-refractivity contribution in [2.45, 2.75) is 12.2 Å². The fourth-order valence-corrected chi connectivity index (χ4v) is 1.58. The van der Waals surface area contributed by atoms with E-state index in [-0.39, 0.29) is 18.9 Å². The van der Waals surface area contributed by atoms with E-state index >= 15 is 0 Å². The van der Waals surface area contributed by atoms with E-state index in [1.807, 2.05) is 0 Å². The highest BCUT2D eigenvalue weighted by Crippen LogP contribution is 2.32. The van der Waals surface area contributed by atoms with E-state index < -0.39 is 29.3 Å². The number of alkyl halides is 3. The summed E-state index contributed by atoms with van der Waals surface area (Å²) in [6, 6.07) is 1.72. The highest BCUT2D eigenvalue weighted by Gasteiger charge is 2.32. The zero-order chi connectivity index (χ0) is 15.3. The first-order valence-electron chi connectivity index (χ1n) is 5.60. The Hall–Kier alpha value is -1.80. The number of aliphatic hydroxyl groups is 1. The Morgan fingerprint density at radius 2 is 2.10 bits per heavy atom. The lowest BCUT2D eigenvalue weighted by molar-refractivity contribution is -0.137. The second-order valence-corrected chi connectivity index (χ2v) is 4.04. The van der Waals surface area contributed by atoms with Crippen LogP contribution in [-0.4, -0.2) is 42.5 Å². The molecule has 0 heterocycles. The SMILES string of the molecule is COCC(CO)Nc1ccc(C(F)(F)F)cc1C(=O)O. The third-order valence-corrected chi connectivity index (χ3v) is 2.53. The van der Waals surface area contributed by atoms with Crippen LogP contribution in [0.1, 0.15) is 15.9 Å². The summed E-state index contributed by atoms with van der Waals surface area (Å²) in [5.41, 5.74) is -1.58. The van der Waals surface area contributed by atoms with Gasteiger partial charge >= 0.3 is 12.1 Å². The van der Waals surface area contributed by atoms with Crippen molar-refractivity contribution in [3.8, 4) is 0 Å². The Kier molecular flexibility index (Phi) is 5.34. The number of halogens is 3. The molecule has 0 fully saturated rings. The van der Waals surface area contributed by atoms with Crippen LogP contribution in [0.2, 0.25) is 0 Å². The molecule has 1 aromatic carbocycles. The standard InChI is InChI=1S/C12H14F3NO4/c1-20-6-8(5-17)16-10-3-2-7(12(13,14)15)4-9(10)11(18)19/h2-4,8,16-17H,5-6H2,1H3,(H,18,19). The van der Waals surface area contributed by atoms with Crippen LogP contribution in [0.15, 0.2) is 18.2 Å². The molecule has 112 valence electrons. The number of carbonyl (C=O) groups is 1. The van der Waals surface area contributed by atoms with E-state index in [1.165, 1.54) is 7.11 Å². The fraction of sp³-hybridized carbons (Fsp3) is 0.417. The van der Waals surface area contributed by atoms with Gasteiger partial charge in [0.15, 0.2) is 0 Å². The van der Waals surface area contributed by atoms with Crippen molar-refractivity contribution >= 4 is 11.7 Å². The van der Waals surface area contributed by atoms with Crippen molar-refractivity contribution in [2.24, 2.45) is 0 Å². The van der Waals surface area contributed by atoms with Gasteiger partial charge in [0.1, 0.15) is 0 Å². The highest BCUT2D eigenvalue weighted by molar-refractivity contribution is 5.94. The molecule has 0 saturated carbocycles. The number of carboxylic acid groups (broad SMARTS) is 1. The van der Waals surface area contributed by atoms with Gasteiger partial charge in [-0.3, -0.25) is 0 Å². The lowest BCUT2D eigenvalue weighted by Crippen LogP contribution is -2.29. The van der Waals surface area contributed by atoms with Gasteiger partial charge in [-0.25, -0.2) is 4.79 Å². The minimum Gasteiger partial charge on any atom is -0.478 e. The predicted octanol–water partition coefficient (Wildman–Crippen LogP) is 1.82. The van der Waals surface area contributed by atoms with Gasteiger partial charge in [0.2, 0.25) is 0 Å². The summed E-state index contributed by atoms with van der Waals surface area (Å²) in [4.78, 5) is 11.0. The average Bonchev–Trinajstić information content (AvgIpc) is 2.36. The summed E-state index contributed by atoms with van der Waals surface area (Å²) in [6.45, 7) is -0.273. The second-order valence-electron chi connectivity index (χ2n) is 4.04. The number of benzene rings is 1. The molecule has 5 nitrogen and oxygen atoms in total. The van der Waals surface area contributed by atoms with Crippen LogP contribution in [0, 0.1) is 0 Å². The van der Waals surface area contributed by atoms with Crippen molar-refractivity contribution < 1.29 is 32.9 Å². The summed E-state index contributed by atoms with van der Waals surface area (Å²) in [7, 11) is 1.38. The van der Waals surface area contributed by atoms with Gasteiger partial charge < -0.3 is 20.3 Å². The third kappa shape index (κ3) is 4.10. The zero-order valence-electron chi connectivity index (χ0n) is 10.6. The van der Waals surface area contributed by atoms with Crippen LogP contribution in [0.4, 0.5) is 18.9 Å².